The summed E-state index contributed by atoms with van der Waals surface area (Å²) < 4.78 is 6.28. The lowest BCUT2D eigenvalue weighted by molar-refractivity contribution is 0.459. The van der Waals surface area contributed by atoms with Gasteiger partial charge in [-0.25, -0.2) is 4.98 Å². The van der Waals surface area contributed by atoms with Crippen LogP contribution in [0.25, 0.3) is 22.2 Å². The standard InChI is InChI=1S/C20H16BrN3O/c21-19-11-5-6-13(23-19)12-17(22)14-7-1-2-8-15(14)20-16-9-3-4-10-18(16)25-24-20/h1-11,17H,12,22H2. The molecule has 5 heteroatoms. The van der Waals surface area contributed by atoms with Crippen LogP contribution in [0.5, 0.6) is 0 Å². The van der Waals surface area contributed by atoms with Gasteiger partial charge in [-0.2, -0.15) is 0 Å². The van der Waals surface area contributed by atoms with Crippen LogP contribution in [0.3, 0.4) is 0 Å². The highest BCUT2D eigenvalue weighted by Gasteiger charge is 2.18. The van der Waals surface area contributed by atoms with Crippen molar-refractivity contribution >= 4 is 26.9 Å². The Balaban J connectivity index is 1.74. The molecule has 4 nitrogen and oxygen atoms in total. The molecule has 2 N–H and O–H groups in total. The topological polar surface area (TPSA) is 64.9 Å². The Morgan fingerprint density at radius 3 is 2.64 bits per heavy atom. The molecule has 0 aliphatic heterocycles. The van der Waals surface area contributed by atoms with Gasteiger partial charge in [-0.1, -0.05) is 47.6 Å². The van der Waals surface area contributed by atoms with Crippen molar-refractivity contribution < 1.29 is 4.52 Å². The minimum atomic E-state index is -0.187. The number of halogens is 1. The van der Waals surface area contributed by atoms with Gasteiger partial charge in [-0.05, 0) is 45.8 Å². The van der Waals surface area contributed by atoms with E-state index >= 15 is 0 Å². The molecule has 124 valence electrons. The van der Waals surface area contributed by atoms with Gasteiger partial charge in [0.25, 0.3) is 0 Å². The van der Waals surface area contributed by atoms with Crippen LogP contribution in [-0.4, -0.2) is 10.1 Å². The number of pyridine rings is 1. The number of benzene rings is 2. The van der Waals surface area contributed by atoms with Crippen LogP contribution in [-0.2, 0) is 6.42 Å². The summed E-state index contributed by atoms with van der Waals surface area (Å²) in [7, 11) is 0. The van der Waals surface area contributed by atoms with E-state index in [2.05, 4.69) is 26.1 Å². The molecule has 25 heavy (non-hydrogen) atoms. The van der Waals surface area contributed by atoms with Gasteiger partial charge in [0.05, 0.1) is 0 Å². The van der Waals surface area contributed by atoms with Crippen LogP contribution >= 0.6 is 15.9 Å². The molecule has 0 bridgehead atoms. The highest BCUT2D eigenvalue weighted by Crippen LogP contribution is 2.33. The molecule has 2 heterocycles. The summed E-state index contributed by atoms with van der Waals surface area (Å²) in [4.78, 5) is 4.48. The number of hydrogen-bond acceptors (Lipinski definition) is 4. The molecule has 0 radical (unpaired) electrons. The lowest BCUT2D eigenvalue weighted by Gasteiger charge is -2.15. The van der Waals surface area contributed by atoms with E-state index in [0.29, 0.717) is 6.42 Å². The first-order chi connectivity index (χ1) is 12.2. The van der Waals surface area contributed by atoms with E-state index in [0.717, 1.165) is 38.1 Å². The monoisotopic (exact) mass is 393 g/mol. The molecule has 2 aromatic heterocycles. The van der Waals surface area contributed by atoms with Gasteiger partial charge >= 0.3 is 0 Å². The summed E-state index contributed by atoms with van der Waals surface area (Å²) in [6.45, 7) is 0. The van der Waals surface area contributed by atoms with Crippen molar-refractivity contribution in [2.45, 2.75) is 12.5 Å². The third-order valence-electron chi connectivity index (χ3n) is 4.19. The molecular formula is C20H16BrN3O. The predicted octanol–water partition coefficient (Wildman–Crippen LogP) is 4.89. The number of nitrogens with zero attached hydrogens (tertiary/aromatic N) is 2. The van der Waals surface area contributed by atoms with Crippen LogP contribution < -0.4 is 5.73 Å². The van der Waals surface area contributed by atoms with Crippen LogP contribution in [0.4, 0.5) is 0 Å². The third-order valence-corrected chi connectivity index (χ3v) is 4.64. The second-order valence-corrected chi connectivity index (χ2v) is 6.69. The highest BCUT2D eigenvalue weighted by atomic mass is 79.9. The van der Waals surface area contributed by atoms with Gasteiger partial charge in [-0.15, -0.1) is 0 Å². The maximum Gasteiger partial charge on any atom is 0.167 e. The normalized spacial score (nSPS) is 12.4. The molecule has 0 saturated carbocycles. The van der Waals surface area contributed by atoms with Gasteiger partial charge in [0, 0.05) is 29.1 Å². The molecule has 0 spiro atoms. The molecule has 0 fully saturated rings. The van der Waals surface area contributed by atoms with Crippen molar-refractivity contribution in [1.82, 2.24) is 10.1 Å². The fraction of sp³-hybridized carbons (Fsp3) is 0.100. The Morgan fingerprint density at radius 1 is 0.960 bits per heavy atom. The van der Waals surface area contributed by atoms with Crippen LogP contribution in [0.15, 0.2) is 75.9 Å². The van der Waals surface area contributed by atoms with E-state index < -0.39 is 0 Å². The predicted molar refractivity (Wildman–Crippen MR) is 102 cm³/mol. The summed E-state index contributed by atoms with van der Waals surface area (Å²) in [6.07, 6.45) is 0.645. The SMILES string of the molecule is NC(Cc1cccc(Br)n1)c1ccccc1-c1noc2ccccc12. The maximum absolute atomic E-state index is 6.51. The van der Waals surface area contributed by atoms with Crippen LogP contribution in [0, 0.1) is 0 Å². The van der Waals surface area contributed by atoms with Crippen LogP contribution in [0.1, 0.15) is 17.3 Å². The summed E-state index contributed by atoms with van der Waals surface area (Å²) >= 11 is 3.41. The van der Waals surface area contributed by atoms with Crippen molar-refractivity contribution in [3.05, 3.63) is 82.6 Å². The van der Waals surface area contributed by atoms with E-state index in [1.54, 1.807) is 0 Å². The Labute approximate surface area is 153 Å². The first-order valence-corrected chi connectivity index (χ1v) is 8.82. The summed E-state index contributed by atoms with van der Waals surface area (Å²) in [6, 6.07) is 21.6. The van der Waals surface area contributed by atoms with Gasteiger partial charge < -0.3 is 10.3 Å². The van der Waals surface area contributed by atoms with E-state index in [4.69, 9.17) is 10.3 Å². The van der Waals surface area contributed by atoms with Gasteiger partial charge in [0.2, 0.25) is 0 Å². The first-order valence-electron chi connectivity index (χ1n) is 8.03. The molecule has 0 saturated heterocycles. The van der Waals surface area contributed by atoms with Gasteiger partial charge in [0.1, 0.15) is 10.3 Å². The zero-order valence-electron chi connectivity index (χ0n) is 13.4. The fourth-order valence-corrected chi connectivity index (χ4v) is 3.40. The lowest BCUT2D eigenvalue weighted by Crippen LogP contribution is -2.15. The molecule has 1 unspecified atom stereocenters. The fourth-order valence-electron chi connectivity index (χ4n) is 3.02. The molecule has 1 atom stereocenters. The smallest absolute Gasteiger partial charge is 0.167 e. The van der Waals surface area contributed by atoms with Gasteiger partial charge in [-0.3, -0.25) is 0 Å². The Hall–Kier alpha value is -2.50. The zero-order chi connectivity index (χ0) is 17.2. The highest BCUT2D eigenvalue weighted by molar-refractivity contribution is 9.10. The Kier molecular flexibility index (Phi) is 4.34. The number of fused-ring (bicyclic) bond motifs is 1. The van der Waals surface area contributed by atoms with E-state index in [1.807, 2.05) is 66.7 Å². The molecule has 4 aromatic rings. The number of nitrogens with two attached hydrogens (primary N) is 1. The quantitative estimate of drug-likeness (QED) is 0.501. The van der Waals surface area contributed by atoms with Crippen molar-refractivity contribution in [2.24, 2.45) is 5.73 Å². The van der Waals surface area contributed by atoms with Crippen LogP contribution in [0.2, 0.25) is 0 Å². The lowest BCUT2D eigenvalue weighted by atomic mass is 9.94. The maximum atomic E-state index is 6.51. The van der Waals surface area contributed by atoms with Gasteiger partial charge in [0.15, 0.2) is 5.58 Å². The molecule has 4 rings (SSSR count). The minimum Gasteiger partial charge on any atom is -0.356 e. The number of aromatic nitrogens is 2. The second kappa shape index (κ2) is 6.78. The zero-order valence-corrected chi connectivity index (χ0v) is 15.0. The molecule has 0 aliphatic carbocycles. The largest absolute Gasteiger partial charge is 0.356 e. The van der Waals surface area contributed by atoms with E-state index in [-0.39, 0.29) is 6.04 Å². The van der Waals surface area contributed by atoms with Crippen molar-refractivity contribution in [3.8, 4) is 11.3 Å². The average molecular weight is 394 g/mol. The van der Waals surface area contributed by atoms with Crippen molar-refractivity contribution in [2.75, 3.05) is 0 Å². The number of rotatable bonds is 4. The molecule has 0 aliphatic rings. The summed E-state index contributed by atoms with van der Waals surface area (Å²) in [5.74, 6) is 0. The third kappa shape index (κ3) is 3.21. The van der Waals surface area contributed by atoms with E-state index in [9.17, 15) is 0 Å². The number of para-hydroxylation sites is 1. The number of hydrogen-bond donors (Lipinski definition) is 1. The first kappa shape index (κ1) is 16.0. The summed E-state index contributed by atoms with van der Waals surface area (Å²) in [5.41, 5.74) is 11.1. The Bertz CT molecular complexity index is 1030. The Morgan fingerprint density at radius 2 is 1.76 bits per heavy atom. The van der Waals surface area contributed by atoms with E-state index in [1.165, 1.54) is 0 Å². The van der Waals surface area contributed by atoms with Crippen molar-refractivity contribution in [1.29, 1.82) is 0 Å². The molecule has 2 aromatic carbocycles. The summed E-state index contributed by atoms with van der Waals surface area (Å²) in [5, 5.41) is 5.26. The minimum absolute atomic E-state index is 0.187. The van der Waals surface area contributed by atoms with Crippen molar-refractivity contribution in [3.63, 3.8) is 0 Å². The average Bonchev–Trinajstić information content (AvgIpc) is 3.06. The second-order valence-electron chi connectivity index (χ2n) is 5.88. The molecule has 0 amide bonds. The molecular weight excluding hydrogens is 378 g/mol.